The molecule has 2 aliphatic rings. The number of amides is 4. The molecule has 13 nitrogen and oxygen atoms in total. The number of aromatic nitrogens is 2. The molecule has 3 N–H and O–H groups in total. The largest absolute Gasteiger partial charge is 0.444 e. The second-order valence-corrected chi connectivity index (χ2v) is 10.1. The van der Waals surface area contributed by atoms with Crippen molar-refractivity contribution in [1.82, 2.24) is 30.8 Å². The van der Waals surface area contributed by atoms with Crippen LogP contribution in [0.3, 0.4) is 0 Å². The predicted molar refractivity (Wildman–Crippen MR) is 112 cm³/mol. The number of nitrogens with zero attached hydrogens (tertiary/aromatic N) is 4. The highest BCUT2D eigenvalue weighted by Gasteiger charge is 2.46. The zero-order valence-corrected chi connectivity index (χ0v) is 19.7. The molecule has 0 aromatic carbocycles. The van der Waals surface area contributed by atoms with E-state index >= 15 is 0 Å². The van der Waals surface area contributed by atoms with Crippen LogP contribution in [0.5, 0.6) is 0 Å². The fourth-order valence-electron chi connectivity index (χ4n) is 3.58. The van der Waals surface area contributed by atoms with E-state index in [0.29, 0.717) is 19.4 Å². The molecule has 3 unspecified atom stereocenters. The van der Waals surface area contributed by atoms with Crippen LogP contribution in [0, 0.1) is 0 Å². The second kappa shape index (κ2) is 9.04. The minimum absolute atomic E-state index is 0.0292. The molecular formula is C20H32N6O7. The molecule has 2 aliphatic heterocycles. The summed E-state index contributed by atoms with van der Waals surface area (Å²) in [6.45, 7) is 10.6. The fourth-order valence-corrected chi connectivity index (χ4v) is 3.58. The van der Waals surface area contributed by atoms with Crippen LogP contribution < -0.4 is 10.6 Å². The summed E-state index contributed by atoms with van der Waals surface area (Å²) in [6, 6.07) is -2.17. The smallest absolute Gasteiger partial charge is 0.408 e. The number of piperidine rings is 1. The summed E-state index contributed by atoms with van der Waals surface area (Å²) in [4.78, 5) is 38.2. The van der Waals surface area contributed by atoms with Gasteiger partial charge in [0.25, 0.3) is 0 Å². The van der Waals surface area contributed by atoms with Gasteiger partial charge >= 0.3 is 18.2 Å². The van der Waals surface area contributed by atoms with Crippen molar-refractivity contribution in [2.45, 2.75) is 83.7 Å². The van der Waals surface area contributed by atoms with Crippen LogP contribution in [0.4, 0.5) is 14.4 Å². The van der Waals surface area contributed by atoms with Crippen molar-refractivity contribution in [3.63, 3.8) is 0 Å². The Morgan fingerprint density at radius 3 is 2.39 bits per heavy atom. The molecule has 0 radical (unpaired) electrons. The Kier molecular flexibility index (Phi) is 6.73. The van der Waals surface area contributed by atoms with Gasteiger partial charge < -0.3 is 29.4 Å². The molecule has 13 heteroatoms. The Labute approximate surface area is 191 Å². The Hall–Kier alpha value is -3.09. The summed E-state index contributed by atoms with van der Waals surface area (Å²) < 4.78 is 16.3. The van der Waals surface area contributed by atoms with Crippen LogP contribution in [0.1, 0.15) is 78.2 Å². The van der Waals surface area contributed by atoms with Crippen LogP contribution in [0.15, 0.2) is 4.42 Å². The van der Waals surface area contributed by atoms with Gasteiger partial charge in [-0.3, -0.25) is 5.21 Å². The van der Waals surface area contributed by atoms with E-state index in [9.17, 15) is 19.6 Å². The third kappa shape index (κ3) is 6.24. The average Bonchev–Trinajstić information content (AvgIpc) is 3.23. The van der Waals surface area contributed by atoms with Gasteiger partial charge in [-0.15, -0.1) is 10.2 Å². The van der Waals surface area contributed by atoms with E-state index in [0.717, 1.165) is 5.06 Å². The van der Waals surface area contributed by atoms with Gasteiger partial charge in [-0.1, -0.05) is 0 Å². The van der Waals surface area contributed by atoms with Crippen LogP contribution in [0.25, 0.3) is 0 Å². The first-order chi connectivity index (χ1) is 15.2. The topological polar surface area (TPSA) is 159 Å². The van der Waals surface area contributed by atoms with Crippen LogP contribution in [-0.2, 0) is 9.47 Å². The molecule has 0 spiro atoms. The zero-order chi connectivity index (χ0) is 24.6. The van der Waals surface area contributed by atoms with E-state index in [4.69, 9.17) is 13.9 Å². The molecule has 0 aliphatic carbocycles. The van der Waals surface area contributed by atoms with Gasteiger partial charge in [-0.25, -0.2) is 19.4 Å². The number of carbonyl (C=O) groups is 3. The number of fused-ring (bicyclic) bond motifs is 2. The van der Waals surface area contributed by atoms with E-state index in [1.165, 1.54) is 4.90 Å². The molecule has 1 aromatic rings. The van der Waals surface area contributed by atoms with Gasteiger partial charge in [0, 0.05) is 6.54 Å². The number of ether oxygens (including phenoxy) is 2. The molecule has 2 saturated heterocycles. The Balaban J connectivity index is 1.74. The Bertz CT molecular complexity index is 890. The molecular weight excluding hydrogens is 436 g/mol. The van der Waals surface area contributed by atoms with Crippen molar-refractivity contribution in [2.24, 2.45) is 0 Å². The summed E-state index contributed by atoms with van der Waals surface area (Å²) in [5, 5.41) is 23.9. The van der Waals surface area contributed by atoms with E-state index in [1.807, 2.05) is 0 Å². The van der Waals surface area contributed by atoms with Gasteiger partial charge in [-0.2, -0.15) is 0 Å². The highest BCUT2D eigenvalue weighted by Crippen LogP contribution is 2.37. The van der Waals surface area contributed by atoms with E-state index in [2.05, 4.69) is 20.8 Å². The average molecular weight is 469 g/mol. The van der Waals surface area contributed by atoms with Crippen molar-refractivity contribution in [3.8, 4) is 0 Å². The van der Waals surface area contributed by atoms with Crippen molar-refractivity contribution in [1.29, 1.82) is 0 Å². The molecule has 2 bridgehead atoms. The summed E-state index contributed by atoms with van der Waals surface area (Å²) in [5.74, 6) is 0.210. The van der Waals surface area contributed by atoms with Gasteiger partial charge in [0.2, 0.25) is 11.8 Å². The first kappa shape index (κ1) is 24.6. The van der Waals surface area contributed by atoms with E-state index in [1.54, 1.807) is 41.5 Å². The van der Waals surface area contributed by atoms with Crippen molar-refractivity contribution < 1.29 is 33.5 Å². The van der Waals surface area contributed by atoms with Crippen molar-refractivity contribution in [3.05, 3.63) is 11.8 Å². The highest BCUT2D eigenvalue weighted by molar-refractivity contribution is 5.76. The minimum Gasteiger partial charge on any atom is -0.444 e. The standard InChI is InChI=1S/C20H32N6O7/c1-19(2,3)32-16(27)21-9-12(22-17(28)33-20(4,5)6)14-23-24-15(31-14)13-8-7-11-10-25(13)18(29)26(11)30/h11-13,30H,7-10H2,1-6H3,(H,21,27)(H,22,28). The van der Waals surface area contributed by atoms with Crippen LogP contribution in [-0.4, -0.2) is 73.9 Å². The van der Waals surface area contributed by atoms with Crippen LogP contribution >= 0.6 is 0 Å². The maximum atomic E-state index is 12.4. The van der Waals surface area contributed by atoms with Gasteiger partial charge in [0.1, 0.15) is 23.3 Å². The third-order valence-electron chi connectivity index (χ3n) is 4.92. The summed E-state index contributed by atoms with van der Waals surface area (Å²) in [5.41, 5.74) is -1.43. The molecule has 3 atom stereocenters. The lowest BCUT2D eigenvalue weighted by molar-refractivity contribution is -0.0584. The van der Waals surface area contributed by atoms with Gasteiger partial charge in [-0.05, 0) is 54.4 Å². The number of rotatable bonds is 5. The van der Waals surface area contributed by atoms with Crippen LogP contribution in [0.2, 0.25) is 0 Å². The van der Waals surface area contributed by atoms with Crippen molar-refractivity contribution >= 4 is 18.2 Å². The molecule has 0 saturated carbocycles. The number of urea groups is 1. The maximum Gasteiger partial charge on any atom is 0.408 e. The quantitative estimate of drug-likeness (QED) is 0.552. The zero-order valence-electron chi connectivity index (χ0n) is 19.7. The lowest BCUT2D eigenvalue weighted by Crippen LogP contribution is -2.42. The second-order valence-electron chi connectivity index (χ2n) is 10.1. The number of alkyl carbamates (subject to hydrolysis) is 2. The lowest BCUT2D eigenvalue weighted by Gasteiger charge is -2.27. The summed E-state index contributed by atoms with van der Waals surface area (Å²) in [7, 11) is 0. The Morgan fingerprint density at radius 2 is 1.76 bits per heavy atom. The highest BCUT2D eigenvalue weighted by atomic mass is 16.6. The minimum atomic E-state index is -0.909. The summed E-state index contributed by atoms with van der Waals surface area (Å²) in [6.07, 6.45) is -0.289. The molecule has 3 rings (SSSR count). The molecule has 3 heterocycles. The molecule has 2 fully saturated rings. The van der Waals surface area contributed by atoms with E-state index in [-0.39, 0.29) is 24.4 Å². The lowest BCUT2D eigenvalue weighted by atomic mass is 10.0. The molecule has 184 valence electrons. The number of hydrogen-bond donors (Lipinski definition) is 3. The number of hydroxylamine groups is 2. The number of carbonyl (C=O) groups excluding carboxylic acids is 3. The molecule has 33 heavy (non-hydrogen) atoms. The maximum absolute atomic E-state index is 12.4. The third-order valence-corrected chi connectivity index (χ3v) is 4.92. The van der Waals surface area contributed by atoms with Crippen molar-refractivity contribution in [2.75, 3.05) is 13.1 Å². The first-order valence-electron chi connectivity index (χ1n) is 10.8. The summed E-state index contributed by atoms with van der Waals surface area (Å²) >= 11 is 0. The Morgan fingerprint density at radius 1 is 1.12 bits per heavy atom. The number of nitrogens with one attached hydrogen (secondary N) is 2. The predicted octanol–water partition coefficient (Wildman–Crippen LogP) is 2.49. The molecule has 1 aromatic heterocycles. The molecule has 4 amide bonds. The normalized spacial score (nSPS) is 21.6. The monoisotopic (exact) mass is 468 g/mol. The number of hydrogen-bond acceptors (Lipinski definition) is 9. The SMILES string of the molecule is CC(C)(C)OC(=O)NCC(NC(=O)OC(C)(C)C)c1nnc(C2CCC3CN2C(=O)N3O)o1. The van der Waals surface area contributed by atoms with E-state index < -0.39 is 41.5 Å². The van der Waals surface area contributed by atoms with Gasteiger partial charge in [0.05, 0.1) is 12.6 Å². The fraction of sp³-hybridized carbons (Fsp3) is 0.750. The van der Waals surface area contributed by atoms with Gasteiger partial charge in [0.15, 0.2) is 0 Å². The first-order valence-corrected chi connectivity index (χ1v) is 10.8.